The van der Waals surface area contributed by atoms with E-state index in [0.29, 0.717) is 12.0 Å². The van der Waals surface area contributed by atoms with Crippen LogP contribution in [0.5, 0.6) is 5.75 Å². The zero-order valence-corrected chi connectivity index (χ0v) is 17.8. The largest absolute Gasteiger partial charge is 0.488 e. The van der Waals surface area contributed by atoms with Gasteiger partial charge in [0, 0.05) is 23.7 Å². The Morgan fingerprint density at radius 1 is 1.38 bits per heavy atom. The van der Waals surface area contributed by atoms with Crippen molar-refractivity contribution in [3.8, 4) is 5.75 Å². The Morgan fingerprint density at radius 2 is 2.14 bits per heavy atom. The monoisotopic (exact) mass is 429 g/mol. The topological polar surface area (TPSA) is 70.7 Å². The number of urea groups is 1. The lowest BCUT2D eigenvalue weighted by molar-refractivity contribution is -0.108. The van der Waals surface area contributed by atoms with Crippen molar-refractivity contribution >= 4 is 24.3 Å². The molecule has 1 aromatic rings. The van der Waals surface area contributed by atoms with E-state index in [1.165, 1.54) is 23.9 Å². The summed E-state index contributed by atoms with van der Waals surface area (Å²) in [5, 5.41) is 2.48. The fourth-order valence-electron chi connectivity index (χ4n) is 2.33. The van der Waals surface area contributed by atoms with E-state index in [9.17, 15) is 18.4 Å². The van der Waals surface area contributed by atoms with Crippen molar-refractivity contribution in [1.29, 1.82) is 0 Å². The minimum Gasteiger partial charge on any atom is -0.488 e. The third-order valence-electron chi connectivity index (χ3n) is 3.83. The summed E-state index contributed by atoms with van der Waals surface area (Å²) < 4.78 is 32.9. The summed E-state index contributed by atoms with van der Waals surface area (Å²) in [6.45, 7) is 3.54. The zero-order valence-electron chi connectivity index (χ0n) is 17.0. The maximum atomic E-state index is 12.3. The molecule has 9 heteroatoms. The van der Waals surface area contributed by atoms with Gasteiger partial charge in [0.1, 0.15) is 18.6 Å². The minimum atomic E-state index is -2.50. The average Bonchev–Trinajstić information content (AvgIpc) is 2.69. The van der Waals surface area contributed by atoms with Crippen molar-refractivity contribution in [2.75, 3.05) is 20.2 Å². The third-order valence-corrected chi connectivity index (χ3v) is 4.97. The number of rotatable bonds is 13. The molecule has 0 aliphatic carbocycles. The van der Waals surface area contributed by atoms with Crippen LogP contribution in [-0.4, -0.2) is 49.4 Å². The van der Waals surface area contributed by atoms with Crippen LogP contribution in [0.3, 0.4) is 0 Å². The van der Waals surface area contributed by atoms with Gasteiger partial charge in [0.2, 0.25) is 0 Å². The van der Waals surface area contributed by atoms with Crippen molar-refractivity contribution in [3.05, 3.63) is 36.5 Å². The smallest absolute Gasteiger partial charge is 0.321 e. The van der Waals surface area contributed by atoms with Crippen LogP contribution in [0.25, 0.3) is 0 Å². The number of hydrogen-bond acceptors (Lipinski definition) is 5. The number of amides is 2. The Kier molecular flexibility index (Phi) is 11.3. The van der Waals surface area contributed by atoms with E-state index >= 15 is 0 Å². The summed E-state index contributed by atoms with van der Waals surface area (Å²) in [6.07, 6.45) is 4.19. The maximum absolute atomic E-state index is 12.3. The first-order chi connectivity index (χ1) is 13.8. The van der Waals surface area contributed by atoms with Gasteiger partial charge in [0.15, 0.2) is 0 Å². The first kappa shape index (κ1) is 24.9. The maximum Gasteiger partial charge on any atom is 0.321 e. The molecular weight excluding hydrogens is 400 g/mol. The summed E-state index contributed by atoms with van der Waals surface area (Å²) in [4.78, 5) is 24.4. The minimum absolute atomic E-state index is 0.0138. The number of halogens is 2. The van der Waals surface area contributed by atoms with Crippen LogP contribution in [0.4, 0.5) is 13.6 Å². The average molecular weight is 430 g/mol. The van der Waals surface area contributed by atoms with Gasteiger partial charge in [-0.1, -0.05) is 12.1 Å². The number of carbonyl (C=O) groups is 2. The van der Waals surface area contributed by atoms with E-state index in [0.717, 1.165) is 24.2 Å². The molecule has 2 N–H and O–H groups in total. The third kappa shape index (κ3) is 10.8. The molecule has 0 unspecified atom stereocenters. The number of aldehydes is 1. The number of unbranched alkanes of at least 4 members (excludes halogenated alkanes) is 1. The molecule has 2 amide bonds. The highest BCUT2D eigenvalue weighted by Gasteiger charge is 2.17. The number of allylic oxidation sites excluding steroid dienone is 1. The molecular formula is C20H29F2N3O3S. The molecule has 0 radical (unpaired) electrons. The summed E-state index contributed by atoms with van der Waals surface area (Å²) in [6, 6.07) is 6.69. The van der Waals surface area contributed by atoms with Crippen LogP contribution in [-0.2, 0) is 4.79 Å². The number of carbonyl (C=O) groups excluding carboxylic acids is 2. The van der Waals surface area contributed by atoms with Crippen LogP contribution in [0.15, 0.2) is 41.4 Å². The number of ether oxygens (including phenoxy) is 1. The van der Waals surface area contributed by atoms with Crippen molar-refractivity contribution in [3.63, 3.8) is 0 Å². The van der Waals surface area contributed by atoms with E-state index < -0.39 is 13.0 Å². The molecule has 162 valence electrons. The molecule has 0 aromatic heterocycles. The van der Waals surface area contributed by atoms with Crippen LogP contribution < -0.4 is 14.8 Å². The molecule has 0 spiro atoms. The summed E-state index contributed by atoms with van der Waals surface area (Å²) in [5.74, 6) is 0.413. The molecule has 0 saturated heterocycles. The number of hydrogen-bond donors (Lipinski definition) is 2. The van der Waals surface area contributed by atoms with E-state index in [-0.39, 0.29) is 18.1 Å². The highest BCUT2D eigenvalue weighted by atomic mass is 32.2. The molecule has 0 heterocycles. The number of alkyl halides is 2. The molecule has 1 rings (SSSR count). The van der Waals surface area contributed by atoms with Crippen molar-refractivity contribution < 1.29 is 23.1 Å². The van der Waals surface area contributed by atoms with Gasteiger partial charge < -0.3 is 14.8 Å². The first-order valence-electron chi connectivity index (χ1n) is 9.31. The Morgan fingerprint density at radius 3 is 2.79 bits per heavy atom. The SMILES string of the molecule is CNC(=O)N(/C=C/CCCC(C)(C)NSc1cccc(OCC(F)F)c1)CC=O. The lowest BCUT2D eigenvalue weighted by Crippen LogP contribution is -2.35. The van der Waals surface area contributed by atoms with Gasteiger partial charge in [-0.25, -0.2) is 13.6 Å². The standard InChI is InChI=1S/C20H29F2N3O3S/c1-20(2,10-5-4-6-11-25(12-13-26)19(27)23-3)24-29-17-9-7-8-16(14-17)28-15-18(21)22/h6-9,11,13-14,18,24H,4-5,10,12,15H2,1-3H3,(H,23,27)/b11-6+. The van der Waals surface area contributed by atoms with Crippen LogP contribution in [0.1, 0.15) is 33.1 Å². The molecule has 0 bridgehead atoms. The molecule has 0 atom stereocenters. The molecule has 0 aliphatic heterocycles. The second kappa shape index (κ2) is 13.2. The van der Waals surface area contributed by atoms with Crippen molar-refractivity contribution in [1.82, 2.24) is 14.9 Å². The Balaban J connectivity index is 2.42. The first-order valence-corrected chi connectivity index (χ1v) is 10.1. The number of nitrogens with one attached hydrogen (secondary N) is 2. The van der Waals surface area contributed by atoms with Crippen LogP contribution >= 0.6 is 11.9 Å². The van der Waals surface area contributed by atoms with Crippen molar-refractivity contribution in [2.24, 2.45) is 0 Å². The molecule has 0 saturated carbocycles. The predicted molar refractivity (Wildman–Crippen MR) is 111 cm³/mol. The molecule has 1 aromatic carbocycles. The van der Waals surface area contributed by atoms with Gasteiger partial charge in [-0.3, -0.25) is 9.62 Å². The van der Waals surface area contributed by atoms with Gasteiger partial charge in [0.25, 0.3) is 6.43 Å². The quantitative estimate of drug-likeness (QED) is 0.279. The normalized spacial score (nSPS) is 11.7. The molecule has 0 fully saturated rings. The summed E-state index contributed by atoms with van der Waals surface area (Å²) in [7, 11) is 1.51. The Labute approximate surface area is 175 Å². The lowest BCUT2D eigenvalue weighted by Gasteiger charge is -2.25. The van der Waals surface area contributed by atoms with E-state index in [1.54, 1.807) is 24.4 Å². The fraction of sp³-hybridized carbons (Fsp3) is 0.500. The van der Waals surface area contributed by atoms with E-state index in [1.807, 2.05) is 12.1 Å². The number of benzene rings is 1. The Hall–Kier alpha value is -2.13. The number of nitrogens with zero attached hydrogens (tertiary/aromatic N) is 1. The predicted octanol–water partition coefficient (Wildman–Crippen LogP) is 4.23. The lowest BCUT2D eigenvalue weighted by atomic mass is 9.99. The Bertz CT molecular complexity index is 672. The van der Waals surface area contributed by atoms with E-state index in [2.05, 4.69) is 23.9 Å². The van der Waals surface area contributed by atoms with Gasteiger partial charge >= 0.3 is 6.03 Å². The molecule has 6 nitrogen and oxygen atoms in total. The van der Waals surface area contributed by atoms with Crippen LogP contribution in [0.2, 0.25) is 0 Å². The van der Waals surface area contributed by atoms with Gasteiger partial charge in [-0.05, 0) is 63.3 Å². The zero-order chi connectivity index (χ0) is 21.7. The second-order valence-corrected chi connectivity index (χ2v) is 7.80. The van der Waals surface area contributed by atoms with Gasteiger partial charge in [0.05, 0.1) is 6.54 Å². The summed E-state index contributed by atoms with van der Waals surface area (Å²) >= 11 is 1.42. The van der Waals surface area contributed by atoms with Gasteiger partial charge in [-0.2, -0.15) is 0 Å². The highest BCUT2D eigenvalue weighted by molar-refractivity contribution is 7.97. The van der Waals surface area contributed by atoms with E-state index in [4.69, 9.17) is 4.74 Å². The molecule has 0 aliphatic rings. The van der Waals surface area contributed by atoms with Gasteiger partial charge in [-0.15, -0.1) is 0 Å². The summed E-state index contributed by atoms with van der Waals surface area (Å²) in [5.41, 5.74) is -0.165. The molecule has 29 heavy (non-hydrogen) atoms. The van der Waals surface area contributed by atoms with Crippen LogP contribution in [0, 0.1) is 0 Å². The fourth-order valence-corrected chi connectivity index (χ4v) is 3.15. The highest BCUT2D eigenvalue weighted by Crippen LogP contribution is 2.25. The second-order valence-electron chi connectivity index (χ2n) is 6.92. The van der Waals surface area contributed by atoms with Crippen molar-refractivity contribution in [2.45, 2.75) is 50.0 Å².